The van der Waals surface area contributed by atoms with Crippen LogP contribution in [-0.4, -0.2) is 73.9 Å². The van der Waals surface area contributed by atoms with Crippen LogP contribution in [0.3, 0.4) is 0 Å². The summed E-state index contributed by atoms with van der Waals surface area (Å²) in [5, 5.41) is 11.5. The van der Waals surface area contributed by atoms with Crippen LogP contribution >= 0.6 is 0 Å². The van der Waals surface area contributed by atoms with Crippen molar-refractivity contribution >= 4 is 38.4 Å². The molecule has 0 radical (unpaired) electrons. The van der Waals surface area contributed by atoms with Gasteiger partial charge < -0.3 is 20.1 Å². The number of benzene rings is 2. The van der Waals surface area contributed by atoms with Gasteiger partial charge in [0.1, 0.15) is 23.6 Å². The molecule has 238 valence electrons. The Morgan fingerprint density at radius 2 is 1.69 bits per heavy atom. The number of aromatic nitrogens is 3. The Bertz CT molecular complexity index is 1810. The van der Waals surface area contributed by atoms with Crippen molar-refractivity contribution in [2.24, 2.45) is 5.41 Å². The lowest BCUT2D eigenvalue weighted by molar-refractivity contribution is -0.192. The van der Waals surface area contributed by atoms with Gasteiger partial charge in [-0.15, -0.1) is 0 Å². The minimum atomic E-state index is -5.08. The molecule has 2 aliphatic heterocycles. The number of ether oxygens (including phenoxy) is 1. The number of nitrogens with zero attached hydrogens (tertiary/aromatic N) is 4. The van der Waals surface area contributed by atoms with E-state index >= 15 is 0 Å². The molecule has 6 rings (SSSR count). The number of rotatable bonds is 6. The van der Waals surface area contributed by atoms with Crippen LogP contribution in [0.4, 0.5) is 29.1 Å². The molecule has 2 fully saturated rings. The second-order valence-corrected chi connectivity index (χ2v) is 12.3. The third kappa shape index (κ3) is 7.06. The highest BCUT2D eigenvalue weighted by atomic mass is 32.2. The normalized spacial score (nSPS) is 16.0. The Labute approximate surface area is 255 Å². The van der Waals surface area contributed by atoms with Crippen LogP contribution in [0.2, 0.25) is 0 Å². The smallest absolute Gasteiger partial charge is 0.480 e. The topological polar surface area (TPSA) is 147 Å². The quantitative estimate of drug-likeness (QED) is 0.256. The van der Waals surface area contributed by atoms with Gasteiger partial charge >= 0.3 is 12.1 Å². The molecule has 16 heteroatoms. The minimum absolute atomic E-state index is 0.0696. The van der Waals surface area contributed by atoms with Gasteiger partial charge in [0.15, 0.2) is 0 Å². The first-order valence-corrected chi connectivity index (χ1v) is 15.1. The number of alkyl halides is 3. The number of hydrogen-bond acceptors (Lipinski definition) is 9. The summed E-state index contributed by atoms with van der Waals surface area (Å²) in [6, 6.07) is 12.1. The predicted octanol–water partition coefficient (Wildman–Crippen LogP) is 4.46. The Hall–Kier alpha value is -4.57. The van der Waals surface area contributed by atoms with Gasteiger partial charge in [0.05, 0.1) is 17.5 Å². The molecule has 1 spiro atoms. The van der Waals surface area contributed by atoms with Crippen molar-refractivity contribution in [3.63, 3.8) is 0 Å². The molecule has 3 N–H and O–H groups in total. The first-order valence-electron chi connectivity index (χ1n) is 13.6. The number of carboxylic acids is 1. The lowest BCUT2D eigenvalue weighted by atomic mass is 9.73. The van der Waals surface area contributed by atoms with E-state index in [-0.39, 0.29) is 16.5 Å². The third-order valence-corrected chi connectivity index (χ3v) is 9.11. The fourth-order valence-corrected chi connectivity index (χ4v) is 6.21. The molecule has 4 aromatic rings. The van der Waals surface area contributed by atoms with E-state index in [9.17, 15) is 26.0 Å². The van der Waals surface area contributed by atoms with Crippen LogP contribution in [0.25, 0.3) is 22.0 Å². The molecule has 0 amide bonds. The molecule has 0 unspecified atom stereocenters. The molecule has 2 saturated heterocycles. The van der Waals surface area contributed by atoms with Crippen molar-refractivity contribution < 1.29 is 40.6 Å². The van der Waals surface area contributed by atoms with Gasteiger partial charge in [0, 0.05) is 43.3 Å². The van der Waals surface area contributed by atoms with E-state index in [0.717, 1.165) is 73.4 Å². The second-order valence-electron chi connectivity index (χ2n) is 10.7. The van der Waals surface area contributed by atoms with E-state index in [0.29, 0.717) is 11.0 Å². The number of methoxy groups -OCH3 is 1. The average Bonchev–Trinajstić information content (AvgIpc) is 2.99. The van der Waals surface area contributed by atoms with Crippen LogP contribution in [0, 0.1) is 11.2 Å². The number of piperidine rings is 1. The van der Waals surface area contributed by atoms with Crippen LogP contribution < -0.4 is 19.7 Å². The van der Waals surface area contributed by atoms with Gasteiger partial charge in [-0.25, -0.2) is 32.6 Å². The molecule has 0 bridgehead atoms. The lowest BCUT2D eigenvalue weighted by Crippen LogP contribution is -2.58. The number of carbonyl (C=O) groups is 1. The summed E-state index contributed by atoms with van der Waals surface area (Å²) >= 11 is 0. The molecule has 0 atom stereocenters. The minimum Gasteiger partial charge on any atom is -0.480 e. The van der Waals surface area contributed by atoms with Crippen LogP contribution in [0.15, 0.2) is 66.0 Å². The van der Waals surface area contributed by atoms with Crippen molar-refractivity contribution in [1.29, 1.82) is 0 Å². The zero-order valence-corrected chi connectivity index (χ0v) is 24.6. The van der Waals surface area contributed by atoms with Crippen molar-refractivity contribution in [3.05, 3.63) is 66.9 Å². The van der Waals surface area contributed by atoms with E-state index in [1.165, 1.54) is 19.2 Å². The molecule has 2 aliphatic rings. The monoisotopic (exact) mass is 648 g/mol. The van der Waals surface area contributed by atoms with Crippen molar-refractivity contribution in [2.45, 2.75) is 23.9 Å². The standard InChI is InChI=1S/C27H27FN6O3S.C2HF3O2/c1-37-26-24(33-38(35,36)21-5-3-20(28)4-6-21)13-19(14-30-26)18-2-7-23-22(12-18)25(32-17-31-23)34-10-8-27(9-11-34)15-29-16-27;3-2(4,5)1(6)7/h2-7,12-14,17,29,33H,8-11,15-16H2,1H3;(H,6,7). The van der Waals surface area contributed by atoms with Gasteiger partial charge in [-0.3, -0.25) is 4.72 Å². The summed E-state index contributed by atoms with van der Waals surface area (Å²) in [7, 11) is -2.58. The first kappa shape index (κ1) is 31.8. The van der Waals surface area contributed by atoms with E-state index in [4.69, 9.17) is 14.6 Å². The van der Waals surface area contributed by atoms with Gasteiger partial charge in [-0.2, -0.15) is 13.2 Å². The Kier molecular flexibility index (Phi) is 8.80. The first-order chi connectivity index (χ1) is 21.3. The largest absolute Gasteiger partial charge is 0.490 e. The van der Waals surface area contributed by atoms with Crippen LogP contribution in [0.1, 0.15) is 12.8 Å². The SMILES string of the molecule is COc1ncc(-c2ccc3ncnc(N4CCC5(CC4)CNC5)c3c2)cc1NS(=O)(=O)c1ccc(F)cc1.O=C(O)C(F)(F)F. The summed E-state index contributed by atoms with van der Waals surface area (Å²) in [5.41, 5.74) is 2.97. The molecule has 45 heavy (non-hydrogen) atoms. The fourth-order valence-electron chi connectivity index (χ4n) is 5.16. The van der Waals surface area contributed by atoms with E-state index in [1.807, 2.05) is 18.2 Å². The Morgan fingerprint density at radius 3 is 2.27 bits per heavy atom. The molecular weight excluding hydrogens is 620 g/mol. The average molecular weight is 649 g/mol. The van der Waals surface area contributed by atoms with Gasteiger partial charge in [-0.1, -0.05) is 6.07 Å². The fraction of sp³-hybridized carbons (Fsp3) is 0.310. The number of nitrogens with one attached hydrogen (secondary N) is 2. The molecule has 0 aliphatic carbocycles. The van der Waals surface area contributed by atoms with E-state index < -0.39 is 28.0 Å². The number of anilines is 2. The van der Waals surface area contributed by atoms with Crippen LogP contribution in [0.5, 0.6) is 5.88 Å². The summed E-state index contributed by atoms with van der Waals surface area (Å²) < 4.78 is 78.8. The molecule has 11 nitrogen and oxygen atoms in total. The maximum absolute atomic E-state index is 13.3. The maximum atomic E-state index is 13.3. The van der Waals surface area contributed by atoms with Crippen molar-refractivity contribution in [3.8, 4) is 17.0 Å². The maximum Gasteiger partial charge on any atom is 0.490 e. The molecule has 2 aromatic carbocycles. The number of pyridine rings is 1. The van der Waals surface area contributed by atoms with Crippen molar-refractivity contribution in [2.75, 3.05) is 42.9 Å². The second kappa shape index (κ2) is 12.4. The van der Waals surface area contributed by atoms with Gasteiger partial charge in [-0.05, 0) is 66.3 Å². The molecule has 4 heterocycles. The highest BCUT2D eigenvalue weighted by Gasteiger charge is 2.40. The summed E-state index contributed by atoms with van der Waals surface area (Å²) in [6.45, 7) is 4.06. The number of aliphatic carboxylic acids is 1. The van der Waals surface area contributed by atoms with E-state index in [2.05, 4.69) is 29.9 Å². The zero-order valence-electron chi connectivity index (χ0n) is 23.8. The Morgan fingerprint density at radius 1 is 1.02 bits per heavy atom. The number of sulfonamides is 1. The predicted molar refractivity (Wildman–Crippen MR) is 157 cm³/mol. The van der Waals surface area contributed by atoms with Gasteiger partial charge in [0.25, 0.3) is 10.0 Å². The van der Waals surface area contributed by atoms with Gasteiger partial charge in [0.2, 0.25) is 5.88 Å². The highest BCUT2D eigenvalue weighted by Crippen LogP contribution is 2.38. The third-order valence-electron chi connectivity index (χ3n) is 7.73. The number of carboxylic acid groups (broad SMARTS) is 1. The number of hydrogen-bond donors (Lipinski definition) is 3. The molecule has 0 saturated carbocycles. The number of halogens is 4. The van der Waals surface area contributed by atoms with E-state index in [1.54, 1.807) is 18.6 Å². The highest BCUT2D eigenvalue weighted by molar-refractivity contribution is 7.92. The lowest BCUT2D eigenvalue weighted by Gasteiger charge is -2.48. The summed E-state index contributed by atoms with van der Waals surface area (Å²) in [4.78, 5) is 24.6. The van der Waals surface area contributed by atoms with Crippen molar-refractivity contribution in [1.82, 2.24) is 20.3 Å². The molecular formula is C29H28F4N6O5S. The zero-order chi connectivity index (χ0) is 32.4. The Balaban J connectivity index is 0.000000515. The summed E-state index contributed by atoms with van der Waals surface area (Å²) in [6.07, 6.45) is 0.410. The van der Waals surface area contributed by atoms with Crippen LogP contribution in [-0.2, 0) is 14.8 Å². The molecule has 2 aromatic heterocycles. The summed E-state index contributed by atoms with van der Waals surface area (Å²) in [5.74, 6) is -2.25. The number of fused-ring (bicyclic) bond motifs is 1.